The molecule has 0 saturated heterocycles. The molecule has 3 rings (SSSR count). The summed E-state index contributed by atoms with van der Waals surface area (Å²) in [5.41, 5.74) is 2.53. The average molecular weight is 379 g/mol. The van der Waals surface area contributed by atoms with Crippen LogP contribution in [0, 0.1) is 0 Å². The van der Waals surface area contributed by atoms with Crippen molar-refractivity contribution in [3.63, 3.8) is 0 Å². The molecule has 4 nitrogen and oxygen atoms in total. The van der Waals surface area contributed by atoms with Gasteiger partial charge in [0.05, 0.1) is 6.04 Å². The standard InChI is InChI=1S/C22H19ClN2O2/c23-18-11-13-19(14-12-18)24-21(26)22(27)25-20(17-9-5-2-6-10-17)15-16-7-3-1-4-8-16/h1-14,20H,15H2,(H,24,26)(H,25,27)/t20-/m1/s1. The van der Waals surface area contributed by atoms with E-state index in [9.17, 15) is 9.59 Å². The molecule has 27 heavy (non-hydrogen) atoms. The molecule has 3 aromatic rings. The SMILES string of the molecule is O=C(Nc1ccc(Cl)cc1)C(=O)N[C@H](Cc1ccccc1)c1ccccc1. The van der Waals surface area contributed by atoms with E-state index in [0.717, 1.165) is 11.1 Å². The van der Waals surface area contributed by atoms with Gasteiger partial charge in [0.1, 0.15) is 0 Å². The second kappa shape index (κ2) is 9.01. The van der Waals surface area contributed by atoms with Crippen molar-refractivity contribution in [3.8, 4) is 0 Å². The first kappa shape index (κ1) is 18.7. The minimum atomic E-state index is -0.716. The molecule has 0 aliphatic heterocycles. The van der Waals surface area contributed by atoms with Crippen molar-refractivity contribution in [1.29, 1.82) is 0 Å². The average Bonchev–Trinajstić information content (AvgIpc) is 2.70. The molecule has 0 saturated carbocycles. The maximum absolute atomic E-state index is 12.4. The lowest BCUT2D eigenvalue weighted by Crippen LogP contribution is -2.38. The van der Waals surface area contributed by atoms with Gasteiger partial charge in [-0.3, -0.25) is 9.59 Å². The number of halogens is 1. The van der Waals surface area contributed by atoms with Gasteiger partial charge in [0, 0.05) is 10.7 Å². The van der Waals surface area contributed by atoms with Gasteiger partial charge in [0.25, 0.3) is 0 Å². The predicted octanol–water partition coefficient (Wildman–Crippen LogP) is 4.38. The Labute approximate surface area is 163 Å². The fourth-order valence-corrected chi connectivity index (χ4v) is 2.86. The molecule has 0 aromatic heterocycles. The molecule has 0 radical (unpaired) electrons. The Bertz CT molecular complexity index is 897. The number of benzene rings is 3. The molecule has 136 valence electrons. The van der Waals surface area contributed by atoms with E-state index in [1.54, 1.807) is 24.3 Å². The Morgan fingerprint density at radius 1 is 0.778 bits per heavy atom. The molecule has 3 aromatic carbocycles. The summed E-state index contributed by atoms with van der Waals surface area (Å²) >= 11 is 5.83. The highest BCUT2D eigenvalue weighted by atomic mass is 35.5. The lowest BCUT2D eigenvalue weighted by Gasteiger charge is -2.19. The number of anilines is 1. The third-order valence-corrected chi connectivity index (χ3v) is 4.35. The van der Waals surface area contributed by atoms with Crippen LogP contribution in [-0.4, -0.2) is 11.8 Å². The van der Waals surface area contributed by atoms with Crippen LogP contribution in [-0.2, 0) is 16.0 Å². The van der Waals surface area contributed by atoms with Gasteiger partial charge < -0.3 is 10.6 Å². The molecule has 0 fully saturated rings. The van der Waals surface area contributed by atoms with E-state index in [2.05, 4.69) is 10.6 Å². The molecular formula is C22H19ClN2O2. The molecule has 2 N–H and O–H groups in total. The van der Waals surface area contributed by atoms with Crippen molar-refractivity contribution in [2.45, 2.75) is 12.5 Å². The first-order valence-electron chi connectivity index (χ1n) is 8.58. The summed E-state index contributed by atoms with van der Waals surface area (Å²) in [6, 6.07) is 25.7. The van der Waals surface area contributed by atoms with Crippen molar-refractivity contribution >= 4 is 29.1 Å². The summed E-state index contributed by atoms with van der Waals surface area (Å²) in [5.74, 6) is -1.40. The normalized spacial score (nSPS) is 11.4. The van der Waals surface area contributed by atoms with Gasteiger partial charge in [-0.1, -0.05) is 72.3 Å². The first-order valence-corrected chi connectivity index (χ1v) is 8.96. The second-order valence-electron chi connectivity index (χ2n) is 6.09. The van der Waals surface area contributed by atoms with E-state index in [0.29, 0.717) is 17.1 Å². The number of rotatable bonds is 5. The van der Waals surface area contributed by atoms with E-state index in [-0.39, 0.29) is 6.04 Å². The minimum absolute atomic E-state index is 0.308. The number of amides is 2. The van der Waals surface area contributed by atoms with Crippen LogP contribution in [0.5, 0.6) is 0 Å². The van der Waals surface area contributed by atoms with Gasteiger partial charge in [-0.25, -0.2) is 0 Å². The molecular weight excluding hydrogens is 360 g/mol. The van der Waals surface area contributed by atoms with Gasteiger partial charge in [-0.15, -0.1) is 0 Å². The largest absolute Gasteiger partial charge is 0.341 e. The van der Waals surface area contributed by atoms with Crippen molar-refractivity contribution in [2.24, 2.45) is 0 Å². The zero-order valence-electron chi connectivity index (χ0n) is 14.6. The van der Waals surface area contributed by atoms with Crippen molar-refractivity contribution < 1.29 is 9.59 Å². The number of hydrogen-bond donors (Lipinski definition) is 2. The Morgan fingerprint density at radius 2 is 1.37 bits per heavy atom. The molecule has 0 spiro atoms. The fraction of sp³-hybridized carbons (Fsp3) is 0.0909. The summed E-state index contributed by atoms with van der Waals surface area (Å²) in [5, 5.41) is 5.98. The predicted molar refractivity (Wildman–Crippen MR) is 108 cm³/mol. The summed E-state index contributed by atoms with van der Waals surface area (Å²) < 4.78 is 0. The topological polar surface area (TPSA) is 58.2 Å². The Balaban J connectivity index is 1.71. The van der Waals surface area contributed by atoms with E-state index < -0.39 is 11.8 Å². The number of nitrogens with one attached hydrogen (secondary N) is 2. The maximum atomic E-state index is 12.4. The van der Waals surface area contributed by atoms with Crippen molar-refractivity contribution in [1.82, 2.24) is 5.32 Å². The van der Waals surface area contributed by atoms with Crippen LogP contribution in [0.3, 0.4) is 0 Å². The Morgan fingerprint density at radius 3 is 2.00 bits per heavy atom. The highest BCUT2D eigenvalue weighted by Gasteiger charge is 2.20. The third-order valence-electron chi connectivity index (χ3n) is 4.10. The summed E-state index contributed by atoms with van der Waals surface area (Å²) in [6.45, 7) is 0. The highest BCUT2D eigenvalue weighted by molar-refractivity contribution is 6.39. The molecule has 0 aliphatic rings. The molecule has 0 bridgehead atoms. The van der Waals surface area contributed by atoms with E-state index in [1.165, 1.54) is 0 Å². The van der Waals surface area contributed by atoms with E-state index >= 15 is 0 Å². The van der Waals surface area contributed by atoms with Gasteiger partial charge in [0.2, 0.25) is 0 Å². The number of carbonyl (C=O) groups is 2. The first-order chi connectivity index (χ1) is 13.1. The highest BCUT2D eigenvalue weighted by Crippen LogP contribution is 2.19. The summed E-state index contributed by atoms with van der Waals surface area (Å²) in [4.78, 5) is 24.7. The molecule has 1 atom stereocenters. The molecule has 5 heteroatoms. The monoisotopic (exact) mass is 378 g/mol. The molecule has 0 aliphatic carbocycles. The van der Waals surface area contributed by atoms with Crippen molar-refractivity contribution in [3.05, 3.63) is 101 Å². The van der Waals surface area contributed by atoms with Crippen LogP contribution in [0.1, 0.15) is 17.2 Å². The van der Waals surface area contributed by atoms with Crippen LogP contribution in [0.25, 0.3) is 0 Å². The number of carbonyl (C=O) groups excluding carboxylic acids is 2. The van der Waals surface area contributed by atoms with Crippen LogP contribution < -0.4 is 10.6 Å². The molecule has 0 unspecified atom stereocenters. The van der Waals surface area contributed by atoms with Crippen LogP contribution in [0.2, 0.25) is 5.02 Å². The second-order valence-corrected chi connectivity index (χ2v) is 6.52. The van der Waals surface area contributed by atoms with Gasteiger partial charge in [-0.2, -0.15) is 0 Å². The van der Waals surface area contributed by atoms with Gasteiger partial charge in [0.15, 0.2) is 0 Å². The van der Waals surface area contributed by atoms with E-state index in [1.807, 2.05) is 60.7 Å². The lowest BCUT2D eigenvalue weighted by molar-refractivity contribution is -0.136. The zero-order valence-corrected chi connectivity index (χ0v) is 15.3. The van der Waals surface area contributed by atoms with Crippen LogP contribution in [0.4, 0.5) is 5.69 Å². The molecule has 2 amide bonds. The Kier molecular flexibility index (Phi) is 6.23. The smallest absolute Gasteiger partial charge is 0.313 e. The minimum Gasteiger partial charge on any atom is -0.341 e. The number of hydrogen-bond acceptors (Lipinski definition) is 2. The summed E-state index contributed by atoms with van der Waals surface area (Å²) in [7, 11) is 0. The maximum Gasteiger partial charge on any atom is 0.313 e. The van der Waals surface area contributed by atoms with Crippen LogP contribution >= 0.6 is 11.6 Å². The summed E-state index contributed by atoms with van der Waals surface area (Å²) in [6.07, 6.45) is 0.588. The lowest BCUT2D eigenvalue weighted by atomic mass is 9.99. The fourth-order valence-electron chi connectivity index (χ4n) is 2.73. The van der Waals surface area contributed by atoms with Crippen molar-refractivity contribution in [2.75, 3.05) is 5.32 Å². The molecule has 0 heterocycles. The Hall–Kier alpha value is -3.11. The zero-order chi connectivity index (χ0) is 19.1. The third kappa shape index (κ3) is 5.43. The van der Waals surface area contributed by atoms with E-state index in [4.69, 9.17) is 11.6 Å². The van der Waals surface area contributed by atoms with Crippen LogP contribution in [0.15, 0.2) is 84.9 Å². The van der Waals surface area contributed by atoms with Gasteiger partial charge >= 0.3 is 11.8 Å². The van der Waals surface area contributed by atoms with Gasteiger partial charge in [-0.05, 0) is 41.8 Å². The quantitative estimate of drug-likeness (QED) is 0.647.